The summed E-state index contributed by atoms with van der Waals surface area (Å²) in [6.07, 6.45) is -4.63. The van der Waals surface area contributed by atoms with Crippen molar-refractivity contribution < 1.29 is 32.7 Å². The highest BCUT2D eigenvalue weighted by Gasteiger charge is 2.43. The Kier molecular flexibility index (Phi) is 5.66. The average Bonchev–Trinajstić information content (AvgIpc) is 3.03. The normalized spacial score (nSPS) is 18.7. The quantitative estimate of drug-likeness (QED) is 0.832. The van der Waals surface area contributed by atoms with Crippen molar-refractivity contribution in [1.29, 1.82) is 0 Å². The largest absolute Gasteiger partial charge is 0.480 e. The third kappa shape index (κ3) is 4.71. The van der Waals surface area contributed by atoms with Gasteiger partial charge in [-0.15, -0.1) is 0 Å². The Morgan fingerprint density at radius 1 is 1.24 bits per heavy atom. The highest BCUT2D eigenvalue weighted by molar-refractivity contribution is 5.92. The molecular weight excluding hydrogens is 341 g/mol. The standard InChI is InChI=1S/C16H17F3N2O4/c17-16(18,19)15(25)20-11(9-10-5-2-1-3-6-10)13(22)21-8-4-7-12(21)14(23)24/h1-3,5-6,11-12H,4,7-9H2,(H,20,25)(H,23,24)/t11-,12-/m0/s1. The van der Waals surface area contributed by atoms with Gasteiger partial charge in [-0.05, 0) is 18.4 Å². The van der Waals surface area contributed by atoms with E-state index in [0.29, 0.717) is 12.0 Å². The van der Waals surface area contributed by atoms with Crippen LogP contribution in [0.3, 0.4) is 0 Å². The molecule has 0 bridgehead atoms. The van der Waals surface area contributed by atoms with Gasteiger partial charge in [0.1, 0.15) is 12.1 Å². The van der Waals surface area contributed by atoms with E-state index in [9.17, 15) is 27.6 Å². The molecule has 2 N–H and O–H groups in total. The molecule has 1 aliphatic rings. The molecular formula is C16H17F3N2O4. The first-order valence-corrected chi connectivity index (χ1v) is 7.65. The average molecular weight is 358 g/mol. The Morgan fingerprint density at radius 2 is 1.88 bits per heavy atom. The third-order valence-electron chi connectivity index (χ3n) is 3.96. The first-order chi connectivity index (χ1) is 11.7. The van der Waals surface area contributed by atoms with E-state index in [0.717, 1.165) is 4.90 Å². The van der Waals surface area contributed by atoms with E-state index >= 15 is 0 Å². The molecule has 0 aromatic heterocycles. The number of alkyl halides is 3. The van der Waals surface area contributed by atoms with E-state index in [4.69, 9.17) is 5.11 Å². The van der Waals surface area contributed by atoms with Crippen LogP contribution in [0.25, 0.3) is 0 Å². The van der Waals surface area contributed by atoms with Crippen LogP contribution in [0.15, 0.2) is 30.3 Å². The van der Waals surface area contributed by atoms with Gasteiger partial charge in [-0.3, -0.25) is 9.59 Å². The van der Waals surface area contributed by atoms with E-state index in [1.807, 2.05) is 0 Å². The van der Waals surface area contributed by atoms with Crippen LogP contribution >= 0.6 is 0 Å². The van der Waals surface area contributed by atoms with E-state index in [1.165, 1.54) is 0 Å². The number of halogens is 3. The van der Waals surface area contributed by atoms with Crippen molar-refractivity contribution in [2.24, 2.45) is 0 Å². The van der Waals surface area contributed by atoms with Gasteiger partial charge < -0.3 is 15.3 Å². The van der Waals surface area contributed by atoms with Gasteiger partial charge in [0.25, 0.3) is 0 Å². The smallest absolute Gasteiger partial charge is 0.471 e. The zero-order chi connectivity index (χ0) is 18.6. The summed E-state index contributed by atoms with van der Waals surface area (Å²) in [5.41, 5.74) is 0.550. The van der Waals surface area contributed by atoms with Gasteiger partial charge in [0, 0.05) is 13.0 Å². The SMILES string of the molecule is O=C(O)[C@@H]1CCCN1C(=O)[C@H](Cc1ccccc1)NC(=O)C(F)(F)F. The van der Waals surface area contributed by atoms with Crippen LogP contribution in [0.4, 0.5) is 13.2 Å². The lowest BCUT2D eigenvalue weighted by Gasteiger charge is -2.27. The lowest BCUT2D eigenvalue weighted by molar-refractivity contribution is -0.175. The fraction of sp³-hybridized carbons (Fsp3) is 0.438. The van der Waals surface area contributed by atoms with Gasteiger partial charge in [0.2, 0.25) is 5.91 Å². The minimum atomic E-state index is -5.13. The highest BCUT2D eigenvalue weighted by Crippen LogP contribution is 2.21. The number of rotatable bonds is 5. The summed E-state index contributed by atoms with van der Waals surface area (Å²) < 4.78 is 37.7. The molecule has 1 heterocycles. The molecule has 0 unspecified atom stereocenters. The number of carboxylic acids is 1. The summed E-state index contributed by atoms with van der Waals surface area (Å²) in [6.45, 7) is 0.128. The highest BCUT2D eigenvalue weighted by atomic mass is 19.4. The molecule has 0 spiro atoms. The maximum Gasteiger partial charge on any atom is 0.471 e. The molecule has 1 fully saturated rings. The number of hydrogen-bond acceptors (Lipinski definition) is 3. The minimum Gasteiger partial charge on any atom is -0.480 e. The Hall–Kier alpha value is -2.58. The number of amides is 2. The molecule has 1 aliphatic heterocycles. The van der Waals surface area contributed by atoms with Crippen LogP contribution in [-0.4, -0.2) is 52.6 Å². The fourth-order valence-corrected chi connectivity index (χ4v) is 2.78. The number of likely N-dealkylation sites (tertiary alicyclic amines) is 1. The van der Waals surface area contributed by atoms with Crippen molar-refractivity contribution in [1.82, 2.24) is 10.2 Å². The van der Waals surface area contributed by atoms with Crippen molar-refractivity contribution in [3.63, 3.8) is 0 Å². The fourth-order valence-electron chi connectivity index (χ4n) is 2.78. The Morgan fingerprint density at radius 3 is 2.44 bits per heavy atom. The van der Waals surface area contributed by atoms with Crippen molar-refractivity contribution in [3.05, 3.63) is 35.9 Å². The zero-order valence-corrected chi connectivity index (χ0v) is 13.1. The van der Waals surface area contributed by atoms with Gasteiger partial charge in [-0.1, -0.05) is 30.3 Å². The van der Waals surface area contributed by atoms with E-state index in [1.54, 1.807) is 35.6 Å². The maximum absolute atomic E-state index is 12.6. The van der Waals surface area contributed by atoms with Gasteiger partial charge >= 0.3 is 18.1 Å². The molecule has 1 saturated heterocycles. The Bertz CT molecular complexity index is 649. The number of carboxylic acid groups (broad SMARTS) is 1. The van der Waals surface area contributed by atoms with Crippen LogP contribution in [0.2, 0.25) is 0 Å². The van der Waals surface area contributed by atoms with Crippen molar-refractivity contribution >= 4 is 17.8 Å². The number of nitrogens with zero attached hydrogens (tertiary/aromatic N) is 1. The maximum atomic E-state index is 12.6. The van der Waals surface area contributed by atoms with E-state index < -0.39 is 36.0 Å². The summed E-state index contributed by atoms with van der Waals surface area (Å²) in [4.78, 5) is 36.1. The van der Waals surface area contributed by atoms with Crippen LogP contribution < -0.4 is 5.32 Å². The van der Waals surface area contributed by atoms with Crippen LogP contribution in [0, 0.1) is 0 Å². The molecule has 0 saturated carbocycles. The lowest BCUT2D eigenvalue weighted by Crippen LogP contribution is -2.54. The van der Waals surface area contributed by atoms with Crippen molar-refractivity contribution in [2.75, 3.05) is 6.54 Å². The van der Waals surface area contributed by atoms with Gasteiger partial charge in [-0.2, -0.15) is 13.2 Å². The van der Waals surface area contributed by atoms with Gasteiger partial charge in [0.05, 0.1) is 0 Å². The van der Waals surface area contributed by atoms with Crippen LogP contribution in [-0.2, 0) is 20.8 Å². The van der Waals surface area contributed by atoms with Crippen molar-refractivity contribution in [2.45, 2.75) is 37.5 Å². The zero-order valence-electron chi connectivity index (χ0n) is 13.1. The summed E-state index contributed by atoms with van der Waals surface area (Å²) in [6, 6.07) is 5.65. The van der Waals surface area contributed by atoms with Gasteiger partial charge in [-0.25, -0.2) is 4.79 Å². The number of carbonyl (C=O) groups is 3. The molecule has 25 heavy (non-hydrogen) atoms. The number of aliphatic carboxylic acids is 1. The molecule has 136 valence electrons. The Labute approximate surface area is 141 Å². The molecule has 1 aromatic carbocycles. The third-order valence-corrected chi connectivity index (χ3v) is 3.96. The summed E-state index contributed by atoms with van der Waals surface area (Å²) in [7, 11) is 0. The van der Waals surface area contributed by atoms with Gasteiger partial charge in [0.15, 0.2) is 0 Å². The molecule has 0 radical (unpaired) electrons. The van der Waals surface area contributed by atoms with E-state index in [-0.39, 0.29) is 19.4 Å². The predicted octanol–water partition coefficient (Wildman–Crippen LogP) is 1.35. The minimum absolute atomic E-state index is 0.128. The van der Waals surface area contributed by atoms with Crippen LogP contribution in [0.1, 0.15) is 18.4 Å². The van der Waals surface area contributed by atoms with E-state index in [2.05, 4.69) is 0 Å². The second-order valence-electron chi connectivity index (χ2n) is 5.74. The molecule has 9 heteroatoms. The monoisotopic (exact) mass is 358 g/mol. The number of benzene rings is 1. The number of nitrogens with one attached hydrogen (secondary N) is 1. The number of hydrogen-bond donors (Lipinski definition) is 2. The Balaban J connectivity index is 2.22. The van der Waals surface area contributed by atoms with Crippen molar-refractivity contribution in [3.8, 4) is 0 Å². The second-order valence-corrected chi connectivity index (χ2v) is 5.74. The summed E-state index contributed by atoms with van der Waals surface area (Å²) >= 11 is 0. The lowest BCUT2D eigenvalue weighted by atomic mass is 10.0. The van der Waals surface area contributed by atoms with Crippen LogP contribution in [0.5, 0.6) is 0 Å². The molecule has 2 rings (SSSR count). The first-order valence-electron chi connectivity index (χ1n) is 7.65. The number of carbonyl (C=O) groups excluding carboxylic acids is 2. The summed E-state index contributed by atoms with van der Waals surface area (Å²) in [5, 5.41) is 10.8. The summed E-state index contributed by atoms with van der Waals surface area (Å²) in [5.74, 6) is -4.27. The first kappa shape index (κ1) is 18.8. The molecule has 2 atom stereocenters. The second kappa shape index (κ2) is 7.54. The molecule has 2 amide bonds. The molecule has 0 aliphatic carbocycles. The topological polar surface area (TPSA) is 86.7 Å². The predicted molar refractivity (Wildman–Crippen MR) is 80.5 cm³/mol. The molecule has 6 nitrogen and oxygen atoms in total. The molecule has 1 aromatic rings.